The number of amides is 1. The predicted molar refractivity (Wildman–Crippen MR) is 77.7 cm³/mol. The van der Waals surface area contributed by atoms with Crippen molar-refractivity contribution in [2.24, 2.45) is 0 Å². The molecular weight excluding hydrogens is 276 g/mol. The smallest absolute Gasteiger partial charge is 0.224 e. The zero-order valence-corrected chi connectivity index (χ0v) is 12.4. The largest absolute Gasteiger partial charge is 0.341 e. The van der Waals surface area contributed by atoms with Crippen molar-refractivity contribution in [2.75, 3.05) is 18.8 Å². The summed E-state index contributed by atoms with van der Waals surface area (Å²) in [6, 6.07) is 9.66. The third-order valence-electron chi connectivity index (χ3n) is 3.45. The standard InChI is InChI=1S/C14H20N2O3S/c1-2-20(18,19)15-13-10-14(17)16(11-13)9-8-12-6-4-3-5-7-12/h3-7,13,15H,2,8-11H2,1H3. The number of carbonyl (C=O) groups excluding carboxylic acids is 1. The topological polar surface area (TPSA) is 66.5 Å². The second kappa shape index (κ2) is 6.37. The first-order chi connectivity index (χ1) is 9.50. The molecule has 1 N–H and O–H groups in total. The minimum absolute atomic E-state index is 0.0183. The molecule has 0 bridgehead atoms. The van der Waals surface area contributed by atoms with Crippen molar-refractivity contribution in [3.05, 3.63) is 35.9 Å². The second-order valence-corrected chi connectivity index (χ2v) is 7.04. The Morgan fingerprint density at radius 3 is 2.65 bits per heavy atom. The van der Waals surface area contributed by atoms with E-state index in [0.717, 1.165) is 6.42 Å². The molecule has 0 aliphatic carbocycles. The molecule has 1 amide bonds. The van der Waals surface area contributed by atoms with E-state index < -0.39 is 10.0 Å². The molecule has 0 saturated carbocycles. The summed E-state index contributed by atoms with van der Waals surface area (Å²) in [7, 11) is -3.25. The number of likely N-dealkylation sites (tertiary alicyclic amines) is 1. The van der Waals surface area contributed by atoms with Gasteiger partial charge in [0.25, 0.3) is 0 Å². The van der Waals surface area contributed by atoms with Gasteiger partial charge in [-0.25, -0.2) is 13.1 Å². The molecule has 0 aromatic heterocycles. The lowest BCUT2D eigenvalue weighted by molar-refractivity contribution is -0.127. The number of hydrogen-bond donors (Lipinski definition) is 1. The molecule has 1 unspecified atom stereocenters. The molecule has 20 heavy (non-hydrogen) atoms. The van der Waals surface area contributed by atoms with Gasteiger partial charge in [0.15, 0.2) is 0 Å². The van der Waals surface area contributed by atoms with Crippen molar-refractivity contribution < 1.29 is 13.2 Å². The molecule has 2 rings (SSSR count). The zero-order valence-electron chi connectivity index (χ0n) is 11.6. The Hall–Kier alpha value is -1.40. The third kappa shape index (κ3) is 4.05. The molecule has 0 spiro atoms. The molecular formula is C14H20N2O3S. The molecule has 1 aliphatic heterocycles. The molecule has 1 aliphatic rings. The Kier molecular flexibility index (Phi) is 4.77. The number of benzene rings is 1. The Balaban J connectivity index is 1.87. The van der Waals surface area contributed by atoms with Crippen LogP contribution in [0, 0.1) is 0 Å². The van der Waals surface area contributed by atoms with Gasteiger partial charge in [0, 0.05) is 25.6 Å². The second-order valence-electron chi connectivity index (χ2n) is 5.00. The molecule has 1 aromatic rings. The average Bonchev–Trinajstić information content (AvgIpc) is 2.77. The maximum Gasteiger partial charge on any atom is 0.224 e. The third-order valence-corrected chi connectivity index (χ3v) is 4.91. The Morgan fingerprint density at radius 2 is 2.00 bits per heavy atom. The van der Waals surface area contributed by atoms with Crippen LogP contribution in [0.4, 0.5) is 0 Å². The van der Waals surface area contributed by atoms with Crippen molar-refractivity contribution in [3.63, 3.8) is 0 Å². The van der Waals surface area contributed by atoms with Crippen LogP contribution in [0.2, 0.25) is 0 Å². The van der Waals surface area contributed by atoms with E-state index in [9.17, 15) is 13.2 Å². The highest BCUT2D eigenvalue weighted by atomic mass is 32.2. The first-order valence-electron chi connectivity index (χ1n) is 6.82. The van der Waals surface area contributed by atoms with Gasteiger partial charge in [-0.1, -0.05) is 30.3 Å². The number of nitrogens with one attached hydrogen (secondary N) is 1. The number of carbonyl (C=O) groups is 1. The van der Waals surface area contributed by atoms with E-state index in [1.807, 2.05) is 30.3 Å². The lowest BCUT2D eigenvalue weighted by Crippen LogP contribution is -2.38. The van der Waals surface area contributed by atoms with Crippen molar-refractivity contribution in [2.45, 2.75) is 25.8 Å². The minimum atomic E-state index is -3.25. The molecule has 1 fully saturated rings. The molecule has 1 aromatic carbocycles. The predicted octanol–water partition coefficient (Wildman–Crippen LogP) is 0.769. The SMILES string of the molecule is CCS(=O)(=O)NC1CC(=O)N(CCc2ccccc2)C1. The van der Waals surface area contributed by atoms with Crippen LogP contribution in [0.5, 0.6) is 0 Å². The van der Waals surface area contributed by atoms with Crippen LogP contribution in [0.15, 0.2) is 30.3 Å². The van der Waals surface area contributed by atoms with Crippen molar-refractivity contribution in [1.29, 1.82) is 0 Å². The van der Waals surface area contributed by atoms with E-state index in [1.54, 1.807) is 11.8 Å². The van der Waals surface area contributed by atoms with E-state index in [0.29, 0.717) is 13.1 Å². The van der Waals surface area contributed by atoms with Gasteiger partial charge in [-0.3, -0.25) is 4.79 Å². The van der Waals surface area contributed by atoms with Crippen LogP contribution in [0.1, 0.15) is 18.9 Å². The molecule has 1 atom stereocenters. The highest BCUT2D eigenvalue weighted by Gasteiger charge is 2.31. The summed E-state index contributed by atoms with van der Waals surface area (Å²) in [5.41, 5.74) is 1.18. The fourth-order valence-corrected chi connectivity index (χ4v) is 3.15. The van der Waals surface area contributed by atoms with Crippen LogP contribution in [0.25, 0.3) is 0 Å². The Morgan fingerprint density at radius 1 is 1.30 bits per heavy atom. The summed E-state index contributed by atoms with van der Waals surface area (Å²) in [5, 5.41) is 0. The number of sulfonamides is 1. The normalized spacial score (nSPS) is 19.6. The fraction of sp³-hybridized carbons (Fsp3) is 0.500. The quantitative estimate of drug-likeness (QED) is 0.843. The lowest BCUT2D eigenvalue weighted by atomic mass is 10.1. The summed E-state index contributed by atoms with van der Waals surface area (Å²) >= 11 is 0. The molecule has 1 heterocycles. The Labute approximate surface area is 120 Å². The van der Waals surface area contributed by atoms with Crippen LogP contribution in [-0.2, 0) is 21.2 Å². The number of hydrogen-bond acceptors (Lipinski definition) is 3. The summed E-state index contributed by atoms with van der Waals surface area (Å²) < 4.78 is 25.6. The van der Waals surface area contributed by atoms with Crippen molar-refractivity contribution >= 4 is 15.9 Å². The van der Waals surface area contributed by atoms with Gasteiger partial charge < -0.3 is 4.90 Å². The summed E-state index contributed by atoms with van der Waals surface area (Å²) in [6.45, 7) is 2.68. The number of nitrogens with zero attached hydrogens (tertiary/aromatic N) is 1. The van der Waals surface area contributed by atoms with Gasteiger partial charge in [-0.05, 0) is 18.9 Å². The lowest BCUT2D eigenvalue weighted by Gasteiger charge is -2.17. The zero-order chi connectivity index (χ0) is 14.6. The average molecular weight is 296 g/mol. The van der Waals surface area contributed by atoms with Gasteiger partial charge in [0.05, 0.1) is 5.75 Å². The Bertz CT molecular complexity index is 557. The molecule has 5 nitrogen and oxygen atoms in total. The van der Waals surface area contributed by atoms with Gasteiger partial charge in [-0.2, -0.15) is 0 Å². The molecule has 6 heteroatoms. The minimum Gasteiger partial charge on any atom is -0.341 e. The van der Waals surface area contributed by atoms with E-state index in [1.165, 1.54) is 5.56 Å². The first kappa shape index (κ1) is 15.0. The van der Waals surface area contributed by atoms with E-state index in [-0.39, 0.29) is 24.1 Å². The molecule has 1 saturated heterocycles. The first-order valence-corrected chi connectivity index (χ1v) is 8.47. The van der Waals surface area contributed by atoms with Gasteiger partial charge in [0.2, 0.25) is 15.9 Å². The van der Waals surface area contributed by atoms with Crippen LogP contribution >= 0.6 is 0 Å². The van der Waals surface area contributed by atoms with Crippen LogP contribution < -0.4 is 4.72 Å². The van der Waals surface area contributed by atoms with E-state index in [4.69, 9.17) is 0 Å². The molecule has 0 radical (unpaired) electrons. The highest BCUT2D eigenvalue weighted by molar-refractivity contribution is 7.89. The fourth-order valence-electron chi connectivity index (χ4n) is 2.31. The highest BCUT2D eigenvalue weighted by Crippen LogP contribution is 2.13. The number of rotatable bonds is 6. The van der Waals surface area contributed by atoms with Gasteiger partial charge in [-0.15, -0.1) is 0 Å². The maximum absolute atomic E-state index is 11.9. The van der Waals surface area contributed by atoms with E-state index in [2.05, 4.69) is 4.72 Å². The van der Waals surface area contributed by atoms with Gasteiger partial charge >= 0.3 is 0 Å². The van der Waals surface area contributed by atoms with Crippen LogP contribution in [-0.4, -0.2) is 44.1 Å². The monoisotopic (exact) mass is 296 g/mol. The van der Waals surface area contributed by atoms with Crippen molar-refractivity contribution in [1.82, 2.24) is 9.62 Å². The van der Waals surface area contributed by atoms with E-state index >= 15 is 0 Å². The molecule has 110 valence electrons. The summed E-state index contributed by atoms with van der Waals surface area (Å²) in [5.74, 6) is 0.0616. The summed E-state index contributed by atoms with van der Waals surface area (Å²) in [4.78, 5) is 13.6. The summed E-state index contributed by atoms with van der Waals surface area (Å²) in [6.07, 6.45) is 1.05. The van der Waals surface area contributed by atoms with Crippen LogP contribution in [0.3, 0.4) is 0 Å². The van der Waals surface area contributed by atoms with Gasteiger partial charge in [0.1, 0.15) is 0 Å². The maximum atomic E-state index is 11.9. The van der Waals surface area contributed by atoms with Crippen molar-refractivity contribution in [3.8, 4) is 0 Å².